The Morgan fingerprint density at radius 2 is 1.41 bits per heavy atom. The van der Waals surface area contributed by atoms with Crippen LogP contribution in [0.1, 0.15) is 22.3 Å². The lowest BCUT2D eigenvalue weighted by Gasteiger charge is -2.15. The molecule has 5 heteroatoms. The molecule has 3 rings (SSSR count). The Morgan fingerprint density at radius 3 is 2.11 bits per heavy atom. The van der Waals surface area contributed by atoms with Gasteiger partial charge in [0.2, 0.25) is 0 Å². The number of nitrogens with one attached hydrogen (secondary N) is 1. The van der Waals surface area contributed by atoms with E-state index in [0.29, 0.717) is 16.7 Å². The van der Waals surface area contributed by atoms with E-state index in [0.717, 1.165) is 28.8 Å². The highest BCUT2D eigenvalue weighted by atomic mass is 19.2. The monoisotopic (exact) mass is 373 g/mol. The minimum atomic E-state index is -0.922. The molecule has 3 aromatic rings. The van der Waals surface area contributed by atoms with Crippen LogP contribution in [0, 0.1) is 44.0 Å². The van der Waals surface area contributed by atoms with Crippen LogP contribution in [0.3, 0.4) is 0 Å². The van der Waals surface area contributed by atoms with E-state index in [1.807, 2.05) is 26.0 Å². The van der Waals surface area contributed by atoms with Crippen LogP contribution in [-0.4, -0.2) is 0 Å². The molecule has 0 radical (unpaired) electrons. The van der Waals surface area contributed by atoms with Crippen molar-refractivity contribution >= 4 is 5.69 Å². The van der Waals surface area contributed by atoms with Crippen LogP contribution in [0.5, 0.6) is 0 Å². The summed E-state index contributed by atoms with van der Waals surface area (Å²) in [6, 6.07) is 10.0. The first-order valence-electron chi connectivity index (χ1n) is 8.52. The maximum absolute atomic E-state index is 14.2. The highest BCUT2D eigenvalue weighted by Crippen LogP contribution is 2.28. The summed E-state index contributed by atoms with van der Waals surface area (Å²) < 4.78 is 54.9. The minimum Gasteiger partial charge on any atom is -0.376 e. The van der Waals surface area contributed by atoms with Crippen molar-refractivity contribution in [3.05, 3.63) is 88.0 Å². The highest BCUT2D eigenvalue weighted by Gasteiger charge is 2.13. The predicted molar refractivity (Wildman–Crippen MR) is 99.7 cm³/mol. The van der Waals surface area contributed by atoms with Gasteiger partial charge in [0.1, 0.15) is 11.5 Å². The fourth-order valence-corrected chi connectivity index (χ4v) is 2.96. The molecule has 0 amide bonds. The van der Waals surface area contributed by atoms with Crippen molar-refractivity contribution in [3.63, 3.8) is 0 Å². The molecule has 0 unspecified atom stereocenters. The quantitative estimate of drug-likeness (QED) is 0.519. The summed E-state index contributed by atoms with van der Waals surface area (Å²) in [5.41, 5.74) is 4.13. The predicted octanol–water partition coefficient (Wildman–Crippen LogP) is 6.45. The average Bonchev–Trinajstić information content (AvgIpc) is 2.63. The number of aryl methyl sites for hydroxylation is 2. The first kappa shape index (κ1) is 19.0. The normalized spacial score (nSPS) is 10.9. The van der Waals surface area contributed by atoms with Gasteiger partial charge in [-0.25, -0.2) is 17.6 Å². The minimum absolute atomic E-state index is 0.176. The Hall–Kier alpha value is -2.82. The number of anilines is 1. The summed E-state index contributed by atoms with van der Waals surface area (Å²) >= 11 is 0. The summed E-state index contributed by atoms with van der Waals surface area (Å²) in [5.74, 6) is -3.12. The molecule has 0 aliphatic heterocycles. The maximum atomic E-state index is 14.2. The van der Waals surface area contributed by atoms with E-state index < -0.39 is 23.3 Å². The molecule has 140 valence electrons. The van der Waals surface area contributed by atoms with E-state index in [1.165, 1.54) is 18.2 Å². The van der Waals surface area contributed by atoms with Gasteiger partial charge in [0.05, 0.1) is 0 Å². The number of benzene rings is 3. The van der Waals surface area contributed by atoms with Gasteiger partial charge in [-0.3, -0.25) is 0 Å². The number of hydrogen-bond acceptors (Lipinski definition) is 1. The van der Waals surface area contributed by atoms with Crippen molar-refractivity contribution in [3.8, 4) is 11.1 Å². The SMILES string of the molecule is Cc1cc(-c2ccc(F)c(F)c2)cc(CNc2c(F)ccc(C)c2F)c1C. The Balaban J connectivity index is 1.95. The van der Waals surface area contributed by atoms with Crippen molar-refractivity contribution in [1.82, 2.24) is 0 Å². The van der Waals surface area contributed by atoms with Crippen molar-refractivity contribution in [2.75, 3.05) is 5.32 Å². The summed E-state index contributed by atoms with van der Waals surface area (Å²) in [5, 5.41) is 2.82. The van der Waals surface area contributed by atoms with Crippen LogP contribution in [0.25, 0.3) is 11.1 Å². The van der Waals surface area contributed by atoms with E-state index in [4.69, 9.17) is 0 Å². The van der Waals surface area contributed by atoms with Crippen molar-refractivity contribution < 1.29 is 17.6 Å². The molecule has 0 heterocycles. The fourth-order valence-electron chi connectivity index (χ4n) is 2.96. The van der Waals surface area contributed by atoms with Crippen LogP contribution in [-0.2, 0) is 6.54 Å². The smallest absolute Gasteiger partial charge is 0.159 e. The molecule has 27 heavy (non-hydrogen) atoms. The summed E-state index contributed by atoms with van der Waals surface area (Å²) in [7, 11) is 0. The van der Waals surface area contributed by atoms with Crippen LogP contribution in [0.2, 0.25) is 0 Å². The number of rotatable bonds is 4. The van der Waals surface area contributed by atoms with E-state index in [-0.39, 0.29) is 12.2 Å². The zero-order chi connectivity index (χ0) is 19.7. The van der Waals surface area contributed by atoms with Crippen molar-refractivity contribution in [2.45, 2.75) is 27.3 Å². The summed E-state index contributed by atoms with van der Waals surface area (Å²) in [6.07, 6.45) is 0. The lowest BCUT2D eigenvalue weighted by atomic mass is 9.95. The van der Waals surface area contributed by atoms with Gasteiger partial charge in [-0.05, 0) is 78.4 Å². The molecular weight excluding hydrogens is 354 g/mol. The van der Waals surface area contributed by atoms with Gasteiger partial charge in [0, 0.05) is 6.54 Å². The molecule has 0 saturated carbocycles. The third-order valence-corrected chi connectivity index (χ3v) is 4.77. The molecule has 0 aromatic heterocycles. The van der Waals surface area contributed by atoms with Crippen LogP contribution in [0.15, 0.2) is 42.5 Å². The van der Waals surface area contributed by atoms with Crippen LogP contribution >= 0.6 is 0 Å². The fraction of sp³-hybridized carbons (Fsp3) is 0.182. The molecule has 0 bridgehead atoms. The Kier molecular flexibility index (Phi) is 5.22. The average molecular weight is 373 g/mol. The van der Waals surface area contributed by atoms with Crippen molar-refractivity contribution in [2.24, 2.45) is 0 Å². The molecular formula is C22H19F4N. The third kappa shape index (κ3) is 3.82. The van der Waals surface area contributed by atoms with E-state index in [1.54, 1.807) is 6.92 Å². The second kappa shape index (κ2) is 7.43. The topological polar surface area (TPSA) is 12.0 Å². The van der Waals surface area contributed by atoms with Gasteiger partial charge in [0.15, 0.2) is 17.5 Å². The second-order valence-electron chi connectivity index (χ2n) is 6.61. The maximum Gasteiger partial charge on any atom is 0.159 e. The first-order chi connectivity index (χ1) is 12.8. The molecule has 1 N–H and O–H groups in total. The van der Waals surface area contributed by atoms with Gasteiger partial charge in [-0.15, -0.1) is 0 Å². The number of hydrogen-bond donors (Lipinski definition) is 1. The van der Waals surface area contributed by atoms with E-state index in [2.05, 4.69) is 5.32 Å². The Labute approximate surface area is 155 Å². The van der Waals surface area contributed by atoms with Crippen molar-refractivity contribution in [1.29, 1.82) is 0 Å². The molecule has 0 aliphatic carbocycles. The largest absolute Gasteiger partial charge is 0.376 e. The van der Waals surface area contributed by atoms with E-state index in [9.17, 15) is 17.6 Å². The van der Waals surface area contributed by atoms with Gasteiger partial charge < -0.3 is 5.32 Å². The third-order valence-electron chi connectivity index (χ3n) is 4.77. The molecule has 0 fully saturated rings. The summed E-state index contributed by atoms with van der Waals surface area (Å²) in [4.78, 5) is 0. The number of halogens is 4. The van der Waals surface area contributed by atoms with Gasteiger partial charge in [0.25, 0.3) is 0 Å². The van der Waals surface area contributed by atoms with Crippen LogP contribution in [0.4, 0.5) is 23.2 Å². The molecule has 0 aliphatic rings. The lowest BCUT2D eigenvalue weighted by molar-refractivity contribution is 0.509. The zero-order valence-electron chi connectivity index (χ0n) is 15.3. The van der Waals surface area contributed by atoms with E-state index >= 15 is 0 Å². The zero-order valence-corrected chi connectivity index (χ0v) is 15.3. The molecule has 0 spiro atoms. The Morgan fingerprint density at radius 1 is 0.704 bits per heavy atom. The van der Waals surface area contributed by atoms with Gasteiger partial charge >= 0.3 is 0 Å². The standard InChI is InChI=1S/C22H19F4N/c1-12-4-6-19(24)22(21(12)26)27-11-17-9-16(8-13(2)14(17)3)15-5-7-18(23)20(25)10-15/h4-10,27H,11H2,1-3H3. The summed E-state index contributed by atoms with van der Waals surface area (Å²) in [6.45, 7) is 5.57. The first-order valence-corrected chi connectivity index (χ1v) is 8.52. The Bertz CT molecular complexity index is 1010. The molecule has 1 nitrogen and oxygen atoms in total. The van der Waals surface area contributed by atoms with Crippen LogP contribution < -0.4 is 5.32 Å². The molecule has 3 aromatic carbocycles. The molecule has 0 saturated heterocycles. The van der Waals surface area contributed by atoms with Gasteiger partial charge in [-0.2, -0.15) is 0 Å². The highest BCUT2D eigenvalue weighted by molar-refractivity contribution is 5.66. The molecule has 0 atom stereocenters. The van der Waals surface area contributed by atoms with Gasteiger partial charge in [-0.1, -0.05) is 18.2 Å². The lowest BCUT2D eigenvalue weighted by Crippen LogP contribution is -2.07. The second-order valence-corrected chi connectivity index (χ2v) is 6.61.